The van der Waals surface area contributed by atoms with Gasteiger partial charge in [0.1, 0.15) is 0 Å². The first kappa shape index (κ1) is 19.1. The normalized spacial score (nSPS) is 11.6. The van der Waals surface area contributed by atoms with Crippen LogP contribution in [0.3, 0.4) is 0 Å². The molecule has 2 rings (SSSR count). The van der Waals surface area contributed by atoms with E-state index in [1.807, 2.05) is 67.4 Å². The van der Waals surface area contributed by atoms with Crippen LogP contribution in [0.15, 0.2) is 54.6 Å². The molecule has 0 fully saturated rings. The highest BCUT2D eigenvalue weighted by molar-refractivity contribution is 6.04. The van der Waals surface area contributed by atoms with Gasteiger partial charge in [-0.1, -0.05) is 37.3 Å². The van der Waals surface area contributed by atoms with Crippen LogP contribution < -0.4 is 5.32 Å². The highest BCUT2D eigenvalue weighted by Crippen LogP contribution is 2.18. The molecule has 0 aliphatic heterocycles. The first-order chi connectivity index (χ1) is 12.0. The van der Waals surface area contributed by atoms with Crippen molar-refractivity contribution < 1.29 is 15.0 Å². The Kier molecular flexibility index (Phi) is 6.70. The molecule has 0 heterocycles. The van der Waals surface area contributed by atoms with Gasteiger partial charge in [0.05, 0.1) is 13.2 Å². The molecule has 1 amide bonds. The van der Waals surface area contributed by atoms with Gasteiger partial charge in [0.15, 0.2) is 0 Å². The van der Waals surface area contributed by atoms with Gasteiger partial charge in [0.2, 0.25) is 0 Å². The Hall–Kier alpha value is -2.21. The van der Waals surface area contributed by atoms with E-state index < -0.39 is 5.41 Å². The maximum Gasteiger partial charge on any atom is 0.255 e. The van der Waals surface area contributed by atoms with Gasteiger partial charge in [-0.25, -0.2) is 0 Å². The molecule has 3 N–H and O–H groups in total. The Labute approximate surface area is 148 Å². The summed E-state index contributed by atoms with van der Waals surface area (Å²) in [4.78, 5) is 14.4. The topological polar surface area (TPSA) is 72.8 Å². The number of carbonyl (C=O) groups excluding carboxylic acids is 1. The molecule has 134 valence electrons. The number of aliphatic hydroxyl groups excluding tert-OH is 2. The number of carbonyl (C=O) groups is 1. The van der Waals surface area contributed by atoms with Gasteiger partial charge in [-0.3, -0.25) is 4.79 Å². The fraction of sp³-hybridized carbons (Fsp3) is 0.350. The van der Waals surface area contributed by atoms with E-state index in [4.69, 9.17) is 0 Å². The summed E-state index contributed by atoms with van der Waals surface area (Å²) in [6.07, 6.45) is 0. The summed E-state index contributed by atoms with van der Waals surface area (Å²) in [7, 11) is 1.93. The number of anilines is 1. The lowest BCUT2D eigenvalue weighted by atomic mass is 9.92. The Balaban J connectivity index is 2.02. The smallest absolute Gasteiger partial charge is 0.255 e. The molecule has 5 heteroatoms. The fourth-order valence-corrected chi connectivity index (χ4v) is 2.70. The summed E-state index contributed by atoms with van der Waals surface area (Å²) in [6, 6.07) is 16.8. The molecule has 5 nitrogen and oxygen atoms in total. The fourth-order valence-electron chi connectivity index (χ4n) is 2.70. The zero-order chi connectivity index (χ0) is 18.3. The molecule has 0 aromatic heterocycles. The van der Waals surface area contributed by atoms with E-state index in [1.54, 1.807) is 6.07 Å². The number of aliphatic hydroxyl groups is 2. The monoisotopic (exact) mass is 342 g/mol. The third-order valence-corrected chi connectivity index (χ3v) is 4.09. The van der Waals surface area contributed by atoms with E-state index in [0.29, 0.717) is 18.7 Å². The summed E-state index contributed by atoms with van der Waals surface area (Å²) in [5.41, 5.74) is 1.82. The van der Waals surface area contributed by atoms with Crippen molar-refractivity contribution in [3.8, 4) is 0 Å². The van der Waals surface area contributed by atoms with Gasteiger partial charge in [0.25, 0.3) is 5.91 Å². The molecule has 0 aliphatic carbocycles. The summed E-state index contributed by atoms with van der Waals surface area (Å²) < 4.78 is 0. The van der Waals surface area contributed by atoms with Crippen molar-refractivity contribution in [1.29, 1.82) is 0 Å². The molecule has 0 aliphatic rings. The average Bonchev–Trinajstić information content (AvgIpc) is 2.62. The largest absolute Gasteiger partial charge is 0.396 e. The molecule has 0 saturated carbocycles. The lowest BCUT2D eigenvalue weighted by Crippen LogP contribution is -2.38. The first-order valence-corrected chi connectivity index (χ1v) is 8.31. The van der Waals surface area contributed by atoms with Crippen LogP contribution in [0.4, 0.5) is 5.69 Å². The molecule has 0 radical (unpaired) electrons. The summed E-state index contributed by atoms with van der Waals surface area (Å²) in [6.45, 7) is 2.87. The van der Waals surface area contributed by atoms with Gasteiger partial charge >= 0.3 is 0 Å². The first-order valence-electron chi connectivity index (χ1n) is 8.31. The van der Waals surface area contributed by atoms with Crippen molar-refractivity contribution in [1.82, 2.24) is 4.90 Å². The second-order valence-electron chi connectivity index (χ2n) is 6.82. The van der Waals surface area contributed by atoms with Crippen LogP contribution in [-0.2, 0) is 6.54 Å². The van der Waals surface area contributed by atoms with Crippen molar-refractivity contribution in [3.05, 3.63) is 65.7 Å². The quantitative estimate of drug-likeness (QED) is 0.689. The van der Waals surface area contributed by atoms with Crippen LogP contribution in [0.5, 0.6) is 0 Å². The third kappa shape index (κ3) is 5.67. The van der Waals surface area contributed by atoms with Crippen molar-refractivity contribution in [2.45, 2.75) is 13.5 Å². The Morgan fingerprint density at radius 3 is 2.40 bits per heavy atom. The number of benzene rings is 2. The summed E-state index contributed by atoms with van der Waals surface area (Å²) in [5.74, 6) is -0.147. The number of amides is 1. The van der Waals surface area contributed by atoms with E-state index in [1.165, 1.54) is 0 Å². The molecule has 2 aromatic carbocycles. The number of nitrogens with one attached hydrogen (secondary N) is 1. The van der Waals surface area contributed by atoms with Crippen molar-refractivity contribution in [2.75, 3.05) is 32.1 Å². The molecule has 2 aromatic rings. The van der Waals surface area contributed by atoms with Crippen LogP contribution in [0.1, 0.15) is 22.8 Å². The lowest BCUT2D eigenvalue weighted by Gasteiger charge is -2.30. The maximum atomic E-state index is 12.4. The number of hydrogen-bond donors (Lipinski definition) is 3. The van der Waals surface area contributed by atoms with Crippen LogP contribution >= 0.6 is 0 Å². The molecule has 0 spiro atoms. The van der Waals surface area contributed by atoms with Crippen LogP contribution in [0.25, 0.3) is 0 Å². The second kappa shape index (κ2) is 8.76. The van der Waals surface area contributed by atoms with Gasteiger partial charge < -0.3 is 20.4 Å². The Morgan fingerprint density at radius 2 is 1.76 bits per heavy atom. The lowest BCUT2D eigenvalue weighted by molar-refractivity contribution is 0.0402. The second-order valence-corrected chi connectivity index (χ2v) is 6.82. The van der Waals surface area contributed by atoms with Gasteiger partial charge in [-0.2, -0.15) is 0 Å². The van der Waals surface area contributed by atoms with Crippen LogP contribution in [0, 0.1) is 5.41 Å². The molecule has 0 atom stereocenters. The highest BCUT2D eigenvalue weighted by Gasteiger charge is 2.24. The number of para-hydroxylation sites is 1. The zero-order valence-electron chi connectivity index (χ0n) is 14.8. The predicted molar refractivity (Wildman–Crippen MR) is 99.4 cm³/mol. The van der Waals surface area contributed by atoms with E-state index in [9.17, 15) is 15.0 Å². The van der Waals surface area contributed by atoms with Crippen molar-refractivity contribution in [3.63, 3.8) is 0 Å². The van der Waals surface area contributed by atoms with Gasteiger partial charge in [0, 0.05) is 29.8 Å². The minimum atomic E-state index is -0.545. The molecule has 0 bridgehead atoms. The van der Waals surface area contributed by atoms with Crippen LogP contribution in [0.2, 0.25) is 0 Å². The Morgan fingerprint density at radius 1 is 1.08 bits per heavy atom. The highest BCUT2D eigenvalue weighted by atomic mass is 16.3. The molecule has 25 heavy (non-hydrogen) atoms. The van der Waals surface area contributed by atoms with E-state index in [2.05, 4.69) is 5.32 Å². The minimum absolute atomic E-state index is 0.0760. The van der Waals surface area contributed by atoms with E-state index in [-0.39, 0.29) is 19.1 Å². The average molecular weight is 342 g/mol. The SMILES string of the molecule is CN(Cc1cccc(C(=O)Nc2ccccc2)c1)CC(C)(CO)CO. The van der Waals surface area contributed by atoms with E-state index in [0.717, 1.165) is 11.3 Å². The van der Waals surface area contributed by atoms with Gasteiger partial charge in [-0.15, -0.1) is 0 Å². The standard InChI is InChI=1S/C20H26N2O3/c1-20(14-23,15-24)13-22(2)12-16-7-6-8-17(11-16)19(25)21-18-9-4-3-5-10-18/h3-11,23-24H,12-15H2,1-2H3,(H,21,25). The van der Waals surface area contributed by atoms with Crippen molar-refractivity contribution >= 4 is 11.6 Å². The summed E-state index contributed by atoms with van der Waals surface area (Å²) in [5, 5.41) is 21.7. The number of rotatable bonds is 8. The summed E-state index contributed by atoms with van der Waals surface area (Å²) >= 11 is 0. The number of hydrogen-bond acceptors (Lipinski definition) is 4. The van der Waals surface area contributed by atoms with E-state index >= 15 is 0 Å². The molecular weight excluding hydrogens is 316 g/mol. The Bertz CT molecular complexity index is 684. The zero-order valence-corrected chi connectivity index (χ0v) is 14.8. The third-order valence-electron chi connectivity index (χ3n) is 4.09. The van der Waals surface area contributed by atoms with Crippen molar-refractivity contribution in [2.24, 2.45) is 5.41 Å². The van der Waals surface area contributed by atoms with Crippen LogP contribution in [-0.4, -0.2) is 47.8 Å². The minimum Gasteiger partial charge on any atom is -0.396 e. The maximum absolute atomic E-state index is 12.4. The molecule has 0 unspecified atom stereocenters. The number of nitrogens with zero attached hydrogens (tertiary/aromatic N) is 1. The molecular formula is C20H26N2O3. The van der Waals surface area contributed by atoms with Gasteiger partial charge in [-0.05, 0) is 36.9 Å². The molecule has 0 saturated heterocycles. The predicted octanol–water partition coefficient (Wildman–Crippen LogP) is 2.36.